The van der Waals surface area contributed by atoms with Crippen molar-refractivity contribution in [3.05, 3.63) is 57.6 Å². The van der Waals surface area contributed by atoms with Gasteiger partial charge in [-0.3, -0.25) is 28.8 Å². The zero-order chi connectivity index (χ0) is 47.2. The molecule has 2 aromatic carbocycles. The maximum atomic E-state index is 12.7. The summed E-state index contributed by atoms with van der Waals surface area (Å²) in [7, 11) is 2.69. The zero-order valence-corrected chi connectivity index (χ0v) is 40.5. The average Bonchev–Trinajstić information content (AvgIpc) is 3.25. The van der Waals surface area contributed by atoms with Gasteiger partial charge in [0.25, 0.3) is 5.91 Å². The number of halogens is 1. The number of aryl methyl sites for hydroxylation is 2. The predicted molar refractivity (Wildman–Crippen MR) is 251 cm³/mol. The second-order valence-electron chi connectivity index (χ2n) is 15.6. The lowest BCUT2D eigenvalue weighted by atomic mass is 9.91. The van der Waals surface area contributed by atoms with Gasteiger partial charge in [-0.15, -0.1) is 0 Å². The number of rotatable bonds is 20. The molecule has 0 bridgehead atoms. The van der Waals surface area contributed by atoms with Crippen molar-refractivity contribution in [2.75, 3.05) is 52.7 Å². The van der Waals surface area contributed by atoms with Crippen LogP contribution in [0.2, 0.25) is 0 Å². The second kappa shape index (κ2) is 33.1. The monoisotopic (exact) mass is 933 g/mol. The number of ether oxygens (including phenoxy) is 1. The van der Waals surface area contributed by atoms with Crippen LogP contribution in [0.3, 0.4) is 0 Å². The lowest BCUT2D eigenvalue weighted by Crippen LogP contribution is -2.52. The minimum absolute atomic E-state index is 0.121. The van der Waals surface area contributed by atoms with Crippen LogP contribution in [-0.4, -0.2) is 110 Å². The Morgan fingerprint density at radius 2 is 1.45 bits per heavy atom. The Morgan fingerprint density at radius 1 is 0.839 bits per heavy atom. The number of nitrogens with zero attached hydrogens (tertiary/aromatic N) is 1. The highest BCUT2D eigenvalue weighted by atomic mass is 79.9. The first-order valence-electron chi connectivity index (χ1n) is 21.7. The molecule has 62 heavy (non-hydrogen) atoms. The molecule has 16 heteroatoms. The molecule has 0 unspecified atom stereocenters. The van der Waals surface area contributed by atoms with E-state index >= 15 is 0 Å². The van der Waals surface area contributed by atoms with Gasteiger partial charge in [-0.05, 0) is 119 Å². The fraction of sp³-hybridized carbons (Fsp3) is 0.609. The second-order valence-corrected chi connectivity index (χ2v) is 16.4. The Morgan fingerprint density at radius 3 is 1.98 bits per heavy atom. The molecular weight excluding hydrogens is 858 g/mol. The van der Waals surface area contributed by atoms with Gasteiger partial charge in [0.2, 0.25) is 23.6 Å². The number of unbranched alkanes of at least 4 members (excludes halogenated alkanes) is 1. The van der Waals surface area contributed by atoms with E-state index in [4.69, 9.17) is 15.6 Å². The van der Waals surface area contributed by atoms with Gasteiger partial charge in [0.15, 0.2) is 5.78 Å². The topological polar surface area (TPSA) is 221 Å². The lowest BCUT2D eigenvalue weighted by Gasteiger charge is -2.25. The molecule has 1 fully saturated rings. The van der Waals surface area contributed by atoms with E-state index in [0.29, 0.717) is 29.0 Å². The highest BCUT2D eigenvalue weighted by molar-refractivity contribution is 9.10. The van der Waals surface area contributed by atoms with E-state index in [9.17, 15) is 28.8 Å². The van der Waals surface area contributed by atoms with Crippen LogP contribution in [0.4, 0.5) is 5.69 Å². The number of aliphatic hydroxyl groups excluding tert-OH is 1. The summed E-state index contributed by atoms with van der Waals surface area (Å²) >= 11 is 3.24. The minimum Gasteiger partial charge on any atom is -0.496 e. The number of nitrogens with two attached hydrogens (primary N) is 1. The van der Waals surface area contributed by atoms with Crippen molar-refractivity contribution in [3.8, 4) is 5.75 Å². The minimum atomic E-state index is -0.998. The molecule has 8 N–H and O–H groups in total. The molecular formula is C46H76BrN7O8. The standard InChI is InChI=1S/C29H46BrN7O6.C9H12O.C7H14.CH4O/c1-6-21(38)15-32-29(43)24(10-8-9-13-37(7-2)18(3)4)36-26(40)17-33-27(41)19(5)35-25(39)16-34-28(42)20-11-12-22(30)23(31)14-20;1-7-4-5-9(10-3)8(2)6-7;1-7-5-3-2-4-6-7;1-2/h11-12,14,18-19,24H,6-10,13,15-17,31H2,1-5H3,(H,32,43)(H,33,41)(H,34,42)(H,35,39)(H,36,40);4-6H,1-3H3;7H,2-6H2,1H3;2H,1H3/t19-,24-;;;/m0.../s1. The Bertz CT molecular complexity index is 1670. The number of Topliss-reactive ketones (excluding diaryl/α,β-unsaturated/α-hetero) is 1. The molecule has 3 rings (SSSR count). The summed E-state index contributed by atoms with van der Waals surface area (Å²) in [5.41, 5.74) is 8.89. The Kier molecular flexibility index (Phi) is 30.7. The largest absolute Gasteiger partial charge is 0.496 e. The zero-order valence-electron chi connectivity index (χ0n) is 38.9. The fourth-order valence-electron chi connectivity index (χ4n) is 6.35. The summed E-state index contributed by atoms with van der Waals surface area (Å²) in [6.07, 6.45) is 9.58. The number of hydrogen-bond donors (Lipinski definition) is 7. The number of ketones is 1. The van der Waals surface area contributed by atoms with Crippen molar-refractivity contribution >= 4 is 56.9 Å². The van der Waals surface area contributed by atoms with Gasteiger partial charge in [-0.1, -0.05) is 70.6 Å². The molecule has 0 spiro atoms. The van der Waals surface area contributed by atoms with Crippen LogP contribution in [0.25, 0.3) is 0 Å². The van der Waals surface area contributed by atoms with E-state index in [-0.39, 0.29) is 30.9 Å². The van der Waals surface area contributed by atoms with Crippen LogP contribution in [0.15, 0.2) is 40.9 Å². The number of carbonyl (C=O) groups is 6. The Balaban J connectivity index is 0.00000159. The highest BCUT2D eigenvalue weighted by Gasteiger charge is 2.23. The van der Waals surface area contributed by atoms with Crippen molar-refractivity contribution in [3.63, 3.8) is 0 Å². The third-order valence-electron chi connectivity index (χ3n) is 10.1. The fourth-order valence-corrected chi connectivity index (χ4v) is 6.60. The molecule has 0 heterocycles. The normalized spacial score (nSPS) is 13.0. The van der Waals surface area contributed by atoms with Gasteiger partial charge in [0.1, 0.15) is 17.8 Å². The van der Waals surface area contributed by atoms with Crippen molar-refractivity contribution in [1.29, 1.82) is 0 Å². The number of nitrogen functional groups attached to an aromatic ring is 1. The first kappa shape index (κ1) is 57.5. The highest BCUT2D eigenvalue weighted by Crippen LogP contribution is 2.22. The van der Waals surface area contributed by atoms with E-state index in [1.807, 2.05) is 19.1 Å². The van der Waals surface area contributed by atoms with Crippen LogP contribution in [0, 0.1) is 19.8 Å². The van der Waals surface area contributed by atoms with Gasteiger partial charge in [0.05, 0.1) is 26.7 Å². The number of aliphatic hydroxyl groups is 1. The third kappa shape index (κ3) is 24.8. The Hall–Kier alpha value is -4.54. The average molecular weight is 935 g/mol. The Labute approximate surface area is 379 Å². The SMILES string of the molecule is CC1CCCCC1.CCC(=O)CNC(=O)[C@H](CCCCN(CC)C(C)C)NC(=O)CNC(=O)[C@H](C)NC(=O)CNC(=O)c1ccc(Br)c(N)c1.CO.COc1ccc(C)cc1C. The van der Waals surface area contributed by atoms with Gasteiger partial charge in [0, 0.05) is 35.3 Å². The molecule has 350 valence electrons. The molecule has 15 nitrogen and oxygen atoms in total. The van der Waals surface area contributed by atoms with E-state index < -0.39 is 48.2 Å². The lowest BCUT2D eigenvalue weighted by molar-refractivity contribution is -0.131. The molecule has 2 aromatic rings. The third-order valence-corrected chi connectivity index (χ3v) is 10.9. The number of nitrogens with one attached hydrogen (secondary N) is 5. The molecule has 0 saturated heterocycles. The molecule has 1 saturated carbocycles. The van der Waals surface area contributed by atoms with Gasteiger partial charge < -0.3 is 47.1 Å². The van der Waals surface area contributed by atoms with Crippen LogP contribution >= 0.6 is 15.9 Å². The summed E-state index contributed by atoms with van der Waals surface area (Å²) in [5, 5.41) is 19.5. The van der Waals surface area contributed by atoms with E-state index in [1.165, 1.54) is 56.2 Å². The van der Waals surface area contributed by atoms with Crippen molar-refractivity contribution in [2.45, 2.75) is 131 Å². The number of methoxy groups -OCH3 is 1. The van der Waals surface area contributed by atoms with E-state index in [1.54, 1.807) is 26.2 Å². The molecule has 1 aliphatic carbocycles. The van der Waals surface area contributed by atoms with Crippen LogP contribution < -0.4 is 37.1 Å². The van der Waals surface area contributed by atoms with Crippen molar-refractivity contribution in [1.82, 2.24) is 31.5 Å². The van der Waals surface area contributed by atoms with Gasteiger partial charge >= 0.3 is 0 Å². The van der Waals surface area contributed by atoms with Crippen LogP contribution in [0.5, 0.6) is 5.75 Å². The number of amides is 5. The number of carbonyl (C=O) groups excluding carboxylic acids is 6. The number of anilines is 1. The maximum absolute atomic E-state index is 12.7. The van der Waals surface area contributed by atoms with Gasteiger partial charge in [-0.25, -0.2) is 0 Å². The van der Waals surface area contributed by atoms with Crippen LogP contribution in [0.1, 0.15) is 121 Å². The summed E-state index contributed by atoms with van der Waals surface area (Å²) in [6, 6.07) is 9.30. The number of benzene rings is 2. The molecule has 0 radical (unpaired) electrons. The molecule has 5 amide bonds. The predicted octanol–water partition coefficient (Wildman–Crippen LogP) is 5.37. The first-order chi connectivity index (χ1) is 29.4. The summed E-state index contributed by atoms with van der Waals surface area (Å²) in [5.74, 6) is -0.933. The molecule has 0 aromatic heterocycles. The van der Waals surface area contributed by atoms with Crippen LogP contribution in [-0.2, 0) is 24.0 Å². The number of hydrogen-bond acceptors (Lipinski definition) is 10. The molecule has 1 aliphatic rings. The van der Waals surface area contributed by atoms with E-state index in [0.717, 1.165) is 38.3 Å². The van der Waals surface area contributed by atoms with E-state index in [2.05, 4.69) is 88.1 Å². The van der Waals surface area contributed by atoms with Crippen molar-refractivity contribution < 1.29 is 38.6 Å². The van der Waals surface area contributed by atoms with Crippen molar-refractivity contribution in [2.24, 2.45) is 5.92 Å². The summed E-state index contributed by atoms with van der Waals surface area (Å²) in [4.78, 5) is 76.3. The summed E-state index contributed by atoms with van der Waals surface area (Å²) in [6.45, 7) is 16.8. The molecule has 2 atom stereocenters. The summed E-state index contributed by atoms with van der Waals surface area (Å²) < 4.78 is 5.74. The quantitative estimate of drug-likeness (QED) is 0.0665. The molecule has 0 aliphatic heterocycles. The maximum Gasteiger partial charge on any atom is 0.251 e. The smallest absolute Gasteiger partial charge is 0.251 e. The van der Waals surface area contributed by atoms with Gasteiger partial charge in [-0.2, -0.15) is 0 Å². The first-order valence-corrected chi connectivity index (χ1v) is 22.5.